The van der Waals surface area contributed by atoms with Crippen molar-refractivity contribution in [1.82, 2.24) is 5.32 Å². The summed E-state index contributed by atoms with van der Waals surface area (Å²) in [7, 11) is 1.95. The molecule has 3 N–H and O–H groups in total. The normalized spacial score (nSPS) is 11.5. The van der Waals surface area contributed by atoms with Crippen LogP contribution >= 0.6 is 23.2 Å². The molecule has 0 spiro atoms. The van der Waals surface area contributed by atoms with Gasteiger partial charge in [-0.3, -0.25) is 0 Å². The lowest BCUT2D eigenvalue weighted by molar-refractivity contribution is -0.134. The summed E-state index contributed by atoms with van der Waals surface area (Å²) in [5, 5.41) is 20.0. The van der Waals surface area contributed by atoms with Crippen LogP contribution in [0.2, 0.25) is 10.0 Å². The number of ether oxygens (including phenoxy) is 1. The molecule has 0 bridgehead atoms. The summed E-state index contributed by atoms with van der Waals surface area (Å²) >= 11 is 12.1. The standard InChI is InChI=1S/C14H21Cl2NO.C4H4O4/c1-3-4-5-12(8-9-17-2)18-14-10-11(15)6-7-13(14)16;5-3(6)1-2-4(7)8/h6-7,10,12,17H,3-5,8-9H2,1-2H3;1-2H,(H,5,6)(H,7,8)/b;2-1+. The number of halogens is 2. The quantitative estimate of drug-likeness (QED) is 0.503. The Morgan fingerprint density at radius 2 is 1.81 bits per heavy atom. The second kappa shape index (κ2) is 14.4. The first-order chi connectivity index (χ1) is 12.3. The van der Waals surface area contributed by atoms with Gasteiger partial charge in [0.25, 0.3) is 0 Å². The number of nitrogens with one attached hydrogen (secondary N) is 1. The molecule has 0 aliphatic carbocycles. The summed E-state index contributed by atoms with van der Waals surface area (Å²) < 4.78 is 5.97. The highest BCUT2D eigenvalue weighted by atomic mass is 35.5. The van der Waals surface area contributed by atoms with Crippen LogP contribution in [-0.2, 0) is 9.59 Å². The summed E-state index contributed by atoms with van der Waals surface area (Å²) in [6, 6.07) is 5.32. The smallest absolute Gasteiger partial charge is 0.328 e. The van der Waals surface area contributed by atoms with Crippen LogP contribution in [0.25, 0.3) is 0 Å². The number of unbranched alkanes of at least 4 members (excludes halogenated alkanes) is 1. The maximum absolute atomic E-state index is 9.55. The fraction of sp³-hybridized carbons (Fsp3) is 0.444. The van der Waals surface area contributed by atoms with Crippen molar-refractivity contribution in [2.24, 2.45) is 0 Å². The molecule has 0 heterocycles. The Hall–Kier alpha value is -1.76. The first kappa shape index (κ1) is 24.2. The van der Waals surface area contributed by atoms with Crippen molar-refractivity contribution in [3.8, 4) is 5.75 Å². The van der Waals surface area contributed by atoms with Gasteiger partial charge in [-0.25, -0.2) is 9.59 Å². The minimum Gasteiger partial charge on any atom is -0.489 e. The SMILES string of the molecule is CCCCC(CCNC)Oc1cc(Cl)ccc1Cl.O=C(O)/C=C/C(=O)O. The number of aliphatic carboxylic acids is 2. The second-order valence-corrected chi connectivity index (χ2v) is 6.20. The molecule has 0 aliphatic heterocycles. The van der Waals surface area contributed by atoms with Gasteiger partial charge >= 0.3 is 11.9 Å². The predicted octanol–water partition coefficient (Wildman–Crippen LogP) is 4.25. The summed E-state index contributed by atoms with van der Waals surface area (Å²) in [5.41, 5.74) is 0. The van der Waals surface area contributed by atoms with Gasteiger partial charge in [-0.15, -0.1) is 0 Å². The summed E-state index contributed by atoms with van der Waals surface area (Å²) in [6.45, 7) is 3.12. The van der Waals surface area contributed by atoms with Gasteiger partial charge < -0.3 is 20.3 Å². The lowest BCUT2D eigenvalue weighted by Gasteiger charge is -2.20. The van der Waals surface area contributed by atoms with E-state index in [0.29, 0.717) is 27.9 Å². The van der Waals surface area contributed by atoms with Crippen LogP contribution in [0.15, 0.2) is 30.4 Å². The Morgan fingerprint density at radius 3 is 2.31 bits per heavy atom. The highest BCUT2D eigenvalue weighted by molar-refractivity contribution is 6.34. The van der Waals surface area contributed by atoms with E-state index in [-0.39, 0.29) is 6.10 Å². The highest BCUT2D eigenvalue weighted by Crippen LogP contribution is 2.29. The molecule has 146 valence electrons. The monoisotopic (exact) mass is 405 g/mol. The number of carboxylic acid groups (broad SMARTS) is 2. The van der Waals surface area contributed by atoms with Crippen molar-refractivity contribution in [2.45, 2.75) is 38.7 Å². The van der Waals surface area contributed by atoms with Crippen molar-refractivity contribution in [1.29, 1.82) is 0 Å². The summed E-state index contributed by atoms with van der Waals surface area (Å²) in [5.74, 6) is -1.83. The molecule has 1 unspecified atom stereocenters. The van der Waals surface area contributed by atoms with Gasteiger partial charge in [0, 0.05) is 23.2 Å². The van der Waals surface area contributed by atoms with Crippen LogP contribution in [0.1, 0.15) is 32.6 Å². The van der Waals surface area contributed by atoms with Gasteiger partial charge in [0.2, 0.25) is 0 Å². The van der Waals surface area contributed by atoms with Gasteiger partial charge in [0.05, 0.1) is 11.1 Å². The van der Waals surface area contributed by atoms with Crippen molar-refractivity contribution in [3.63, 3.8) is 0 Å². The molecule has 0 fully saturated rings. The molecule has 1 rings (SSSR count). The molecule has 0 saturated heterocycles. The molecule has 26 heavy (non-hydrogen) atoms. The number of rotatable bonds is 10. The molecule has 0 radical (unpaired) electrons. The Bertz CT molecular complexity index is 569. The van der Waals surface area contributed by atoms with E-state index in [2.05, 4.69) is 12.2 Å². The summed E-state index contributed by atoms with van der Waals surface area (Å²) in [4.78, 5) is 19.1. The minimum atomic E-state index is -1.26. The topological polar surface area (TPSA) is 95.9 Å². The first-order valence-electron chi connectivity index (χ1n) is 8.20. The van der Waals surface area contributed by atoms with Crippen LogP contribution in [0.3, 0.4) is 0 Å². The average Bonchev–Trinajstić information content (AvgIpc) is 2.59. The molecule has 1 atom stereocenters. The molecule has 1 aromatic carbocycles. The number of carbonyl (C=O) groups is 2. The third-order valence-electron chi connectivity index (χ3n) is 3.15. The molecular formula is C18H25Cl2NO5. The maximum atomic E-state index is 9.55. The van der Waals surface area contributed by atoms with Crippen molar-refractivity contribution >= 4 is 35.1 Å². The van der Waals surface area contributed by atoms with E-state index in [1.54, 1.807) is 18.2 Å². The number of benzene rings is 1. The molecule has 0 aliphatic rings. The van der Waals surface area contributed by atoms with Gasteiger partial charge in [-0.1, -0.05) is 43.0 Å². The Kier molecular flexibility index (Phi) is 13.4. The Labute approximate surface area is 163 Å². The largest absolute Gasteiger partial charge is 0.489 e. The molecule has 0 saturated carbocycles. The van der Waals surface area contributed by atoms with Crippen molar-refractivity contribution < 1.29 is 24.5 Å². The highest BCUT2D eigenvalue weighted by Gasteiger charge is 2.12. The van der Waals surface area contributed by atoms with E-state index in [0.717, 1.165) is 25.8 Å². The lowest BCUT2D eigenvalue weighted by atomic mass is 10.1. The van der Waals surface area contributed by atoms with Crippen LogP contribution in [-0.4, -0.2) is 41.8 Å². The van der Waals surface area contributed by atoms with Crippen molar-refractivity contribution in [3.05, 3.63) is 40.4 Å². The zero-order valence-electron chi connectivity index (χ0n) is 14.9. The van der Waals surface area contributed by atoms with E-state index in [1.807, 2.05) is 7.05 Å². The molecule has 6 nitrogen and oxygen atoms in total. The molecular weight excluding hydrogens is 381 g/mol. The van der Waals surface area contributed by atoms with Crippen LogP contribution in [0.5, 0.6) is 5.75 Å². The molecule has 1 aromatic rings. The minimum absolute atomic E-state index is 0.188. The van der Waals surface area contributed by atoms with Crippen molar-refractivity contribution in [2.75, 3.05) is 13.6 Å². The average molecular weight is 406 g/mol. The van der Waals surface area contributed by atoms with Gasteiger partial charge in [0.15, 0.2) is 0 Å². The number of carboxylic acids is 2. The fourth-order valence-electron chi connectivity index (χ4n) is 1.89. The lowest BCUT2D eigenvalue weighted by Crippen LogP contribution is -2.22. The fourth-order valence-corrected chi connectivity index (χ4v) is 2.21. The maximum Gasteiger partial charge on any atom is 0.328 e. The zero-order valence-corrected chi connectivity index (χ0v) is 16.4. The first-order valence-corrected chi connectivity index (χ1v) is 8.96. The van der Waals surface area contributed by atoms with Gasteiger partial charge in [-0.05, 0) is 38.6 Å². The molecule has 8 heteroatoms. The zero-order chi connectivity index (χ0) is 19.9. The van der Waals surface area contributed by atoms with Crippen LogP contribution < -0.4 is 10.1 Å². The molecule has 0 amide bonds. The number of hydrogen-bond donors (Lipinski definition) is 3. The van der Waals surface area contributed by atoms with Crippen LogP contribution in [0.4, 0.5) is 0 Å². The second-order valence-electron chi connectivity index (χ2n) is 5.36. The van der Waals surface area contributed by atoms with E-state index in [1.165, 1.54) is 6.42 Å². The van der Waals surface area contributed by atoms with E-state index >= 15 is 0 Å². The third kappa shape index (κ3) is 12.6. The van der Waals surface area contributed by atoms with E-state index < -0.39 is 11.9 Å². The van der Waals surface area contributed by atoms with E-state index in [4.69, 9.17) is 38.2 Å². The van der Waals surface area contributed by atoms with Gasteiger partial charge in [-0.2, -0.15) is 0 Å². The van der Waals surface area contributed by atoms with E-state index in [9.17, 15) is 9.59 Å². The Morgan fingerprint density at radius 1 is 1.19 bits per heavy atom. The number of hydrogen-bond acceptors (Lipinski definition) is 4. The summed E-state index contributed by atoms with van der Waals surface area (Å²) in [6.07, 6.45) is 5.65. The van der Waals surface area contributed by atoms with Gasteiger partial charge in [0.1, 0.15) is 5.75 Å². The van der Waals surface area contributed by atoms with Crippen LogP contribution in [0, 0.1) is 0 Å². The third-order valence-corrected chi connectivity index (χ3v) is 3.70. The molecule has 0 aromatic heterocycles. The Balaban J connectivity index is 0.000000660. The predicted molar refractivity (Wildman–Crippen MR) is 103 cm³/mol.